The molecule has 1 saturated carbocycles. The number of piperidine rings is 1. The number of hydrogen-bond acceptors (Lipinski definition) is 2. The fourth-order valence-electron chi connectivity index (χ4n) is 3.01. The number of carboxylic acids is 1. The molecule has 3 unspecified atom stereocenters. The van der Waals surface area contributed by atoms with Crippen LogP contribution in [-0.2, 0) is 4.79 Å². The maximum Gasteiger partial charge on any atom is 0.306 e. The first-order valence-electron chi connectivity index (χ1n) is 5.13. The van der Waals surface area contributed by atoms with E-state index in [-0.39, 0.29) is 5.92 Å². The van der Waals surface area contributed by atoms with Crippen LogP contribution in [0.1, 0.15) is 25.7 Å². The first kappa shape index (κ1) is 9.00. The fraction of sp³-hybridized carbons (Fsp3) is 0.900. The molecule has 3 atom stereocenters. The first-order valence-corrected chi connectivity index (χ1v) is 5.13. The molecule has 0 radical (unpaired) electrons. The van der Waals surface area contributed by atoms with E-state index in [1.807, 2.05) is 0 Å². The zero-order valence-electron chi connectivity index (χ0n) is 8.07. The van der Waals surface area contributed by atoms with Gasteiger partial charge in [0.25, 0.3) is 0 Å². The van der Waals surface area contributed by atoms with Crippen molar-refractivity contribution in [2.75, 3.05) is 13.6 Å². The van der Waals surface area contributed by atoms with Crippen LogP contribution in [0.5, 0.6) is 0 Å². The van der Waals surface area contributed by atoms with Crippen LogP contribution in [0.4, 0.5) is 0 Å². The Morgan fingerprint density at radius 3 is 2.85 bits per heavy atom. The lowest BCUT2D eigenvalue weighted by molar-refractivity contribution is -0.146. The van der Waals surface area contributed by atoms with Crippen LogP contribution < -0.4 is 0 Å². The number of nitrogens with zero attached hydrogens (tertiary/aromatic N) is 1. The molecule has 2 fully saturated rings. The number of fused-ring (bicyclic) bond motifs is 1. The normalized spacial score (nSPS) is 40.2. The van der Waals surface area contributed by atoms with E-state index in [9.17, 15) is 4.79 Å². The van der Waals surface area contributed by atoms with E-state index in [1.54, 1.807) is 0 Å². The molecule has 0 spiro atoms. The number of likely N-dealkylation sites (tertiary alicyclic amines) is 1. The molecule has 0 aromatic rings. The average molecular weight is 183 g/mol. The van der Waals surface area contributed by atoms with E-state index in [1.165, 1.54) is 12.8 Å². The van der Waals surface area contributed by atoms with Crippen LogP contribution in [0.15, 0.2) is 0 Å². The van der Waals surface area contributed by atoms with Gasteiger partial charge in [-0.2, -0.15) is 0 Å². The van der Waals surface area contributed by atoms with E-state index in [0.29, 0.717) is 12.0 Å². The van der Waals surface area contributed by atoms with Gasteiger partial charge in [0, 0.05) is 6.04 Å². The summed E-state index contributed by atoms with van der Waals surface area (Å²) in [6.07, 6.45) is 4.37. The fourth-order valence-corrected chi connectivity index (χ4v) is 3.01. The van der Waals surface area contributed by atoms with Gasteiger partial charge in [0.15, 0.2) is 0 Å². The summed E-state index contributed by atoms with van der Waals surface area (Å²) in [6, 6.07) is 0.551. The zero-order valence-corrected chi connectivity index (χ0v) is 8.07. The average Bonchev–Trinajstić information content (AvgIpc) is 2.53. The third-order valence-corrected chi connectivity index (χ3v) is 3.72. The van der Waals surface area contributed by atoms with Crippen molar-refractivity contribution < 1.29 is 9.90 Å². The SMILES string of the molecule is CN1CCC(C(=O)O)C2CCCC21. The lowest BCUT2D eigenvalue weighted by Crippen LogP contribution is -2.46. The summed E-state index contributed by atoms with van der Waals surface area (Å²) in [4.78, 5) is 13.3. The molecule has 74 valence electrons. The van der Waals surface area contributed by atoms with E-state index in [4.69, 9.17) is 5.11 Å². The van der Waals surface area contributed by atoms with Gasteiger partial charge in [-0.3, -0.25) is 4.79 Å². The van der Waals surface area contributed by atoms with E-state index >= 15 is 0 Å². The summed E-state index contributed by atoms with van der Waals surface area (Å²) in [6.45, 7) is 0.956. The highest BCUT2D eigenvalue weighted by Gasteiger charge is 2.42. The minimum absolute atomic E-state index is 0.0660. The van der Waals surface area contributed by atoms with Crippen LogP contribution in [0.2, 0.25) is 0 Å². The smallest absolute Gasteiger partial charge is 0.306 e. The summed E-state index contributed by atoms with van der Waals surface area (Å²) < 4.78 is 0. The number of hydrogen-bond donors (Lipinski definition) is 1. The quantitative estimate of drug-likeness (QED) is 0.664. The third kappa shape index (κ3) is 1.46. The molecular formula is C10H17NO2. The Labute approximate surface area is 78.7 Å². The molecular weight excluding hydrogens is 166 g/mol. The van der Waals surface area contributed by atoms with Crippen LogP contribution >= 0.6 is 0 Å². The maximum atomic E-state index is 11.0. The standard InChI is InChI=1S/C10H17NO2/c1-11-6-5-8(10(12)13)7-3-2-4-9(7)11/h7-9H,2-6H2,1H3,(H,12,13). The van der Waals surface area contributed by atoms with Crippen LogP contribution in [0.25, 0.3) is 0 Å². The molecule has 1 N–H and O–H groups in total. The zero-order chi connectivity index (χ0) is 9.42. The van der Waals surface area contributed by atoms with Crippen molar-refractivity contribution in [1.29, 1.82) is 0 Å². The molecule has 3 heteroatoms. The summed E-state index contributed by atoms with van der Waals surface area (Å²) in [5.74, 6) is -0.218. The number of rotatable bonds is 1. The van der Waals surface area contributed by atoms with Gasteiger partial charge in [0.1, 0.15) is 0 Å². The molecule has 0 aromatic carbocycles. The van der Waals surface area contributed by atoms with Gasteiger partial charge >= 0.3 is 5.97 Å². The summed E-state index contributed by atoms with van der Waals surface area (Å²) in [7, 11) is 2.13. The largest absolute Gasteiger partial charge is 0.481 e. The molecule has 0 amide bonds. The molecule has 3 nitrogen and oxygen atoms in total. The molecule has 0 aromatic heterocycles. The van der Waals surface area contributed by atoms with Gasteiger partial charge < -0.3 is 10.0 Å². The lowest BCUT2D eigenvalue weighted by Gasteiger charge is -2.38. The third-order valence-electron chi connectivity index (χ3n) is 3.72. The van der Waals surface area contributed by atoms with Crippen molar-refractivity contribution in [3.63, 3.8) is 0 Å². The Kier molecular flexibility index (Phi) is 2.28. The second kappa shape index (κ2) is 3.29. The highest BCUT2D eigenvalue weighted by Crippen LogP contribution is 2.39. The van der Waals surface area contributed by atoms with E-state index in [0.717, 1.165) is 19.4 Å². The van der Waals surface area contributed by atoms with Crippen molar-refractivity contribution in [3.05, 3.63) is 0 Å². The predicted molar refractivity (Wildman–Crippen MR) is 49.5 cm³/mol. The molecule has 1 heterocycles. The van der Waals surface area contributed by atoms with Crippen LogP contribution in [0, 0.1) is 11.8 Å². The van der Waals surface area contributed by atoms with Crippen LogP contribution in [0.3, 0.4) is 0 Å². The first-order chi connectivity index (χ1) is 6.20. The summed E-state index contributed by atoms with van der Waals surface area (Å²) >= 11 is 0. The van der Waals surface area contributed by atoms with Crippen molar-refractivity contribution in [2.45, 2.75) is 31.7 Å². The lowest BCUT2D eigenvalue weighted by atomic mass is 9.81. The Morgan fingerprint density at radius 1 is 1.38 bits per heavy atom. The molecule has 0 bridgehead atoms. The van der Waals surface area contributed by atoms with Gasteiger partial charge in [0.2, 0.25) is 0 Å². The molecule has 1 aliphatic heterocycles. The number of aliphatic carboxylic acids is 1. The summed E-state index contributed by atoms with van der Waals surface area (Å²) in [5.41, 5.74) is 0. The Morgan fingerprint density at radius 2 is 2.15 bits per heavy atom. The van der Waals surface area contributed by atoms with Gasteiger partial charge in [-0.15, -0.1) is 0 Å². The van der Waals surface area contributed by atoms with Crippen molar-refractivity contribution in [3.8, 4) is 0 Å². The molecule has 1 aliphatic carbocycles. The molecule has 2 aliphatic rings. The topological polar surface area (TPSA) is 40.5 Å². The second-order valence-electron chi connectivity index (χ2n) is 4.38. The van der Waals surface area contributed by atoms with E-state index < -0.39 is 5.97 Å². The molecule has 2 rings (SSSR count). The number of carboxylic acid groups (broad SMARTS) is 1. The predicted octanol–water partition coefficient (Wildman–Crippen LogP) is 1.19. The molecule has 13 heavy (non-hydrogen) atoms. The monoisotopic (exact) mass is 183 g/mol. The van der Waals surface area contributed by atoms with Crippen LogP contribution in [-0.4, -0.2) is 35.6 Å². The van der Waals surface area contributed by atoms with Gasteiger partial charge in [0.05, 0.1) is 5.92 Å². The minimum atomic E-state index is -0.579. The highest BCUT2D eigenvalue weighted by molar-refractivity contribution is 5.70. The molecule has 1 saturated heterocycles. The minimum Gasteiger partial charge on any atom is -0.481 e. The van der Waals surface area contributed by atoms with Gasteiger partial charge in [-0.05, 0) is 38.8 Å². The van der Waals surface area contributed by atoms with Crippen molar-refractivity contribution >= 4 is 5.97 Å². The van der Waals surface area contributed by atoms with E-state index in [2.05, 4.69) is 11.9 Å². The van der Waals surface area contributed by atoms with Gasteiger partial charge in [-0.1, -0.05) is 6.42 Å². The Balaban J connectivity index is 2.12. The maximum absolute atomic E-state index is 11.0. The van der Waals surface area contributed by atoms with Crippen molar-refractivity contribution in [2.24, 2.45) is 11.8 Å². The Bertz CT molecular complexity index is 217. The number of carbonyl (C=O) groups is 1. The Hall–Kier alpha value is -0.570. The summed E-state index contributed by atoms with van der Waals surface area (Å²) in [5, 5.41) is 9.05. The van der Waals surface area contributed by atoms with Crippen molar-refractivity contribution in [1.82, 2.24) is 4.90 Å². The second-order valence-corrected chi connectivity index (χ2v) is 4.38. The van der Waals surface area contributed by atoms with Gasteiger partial charge in [-0.25, -0.2) is 0 Å². The highest BCUT2D eigenvalue weighted by atomic mass is 16.4.